The number of carbonyl (C=O) groups is 6. The summed E-state index contributed by atoms with van der Waals surface area (Å²) in [7, 11) is 0. The highest BCUT2D eigenvalue weighted by molar-refractivity contribution is 6.38. The highest BCUT2D eigenvalue weighted by atomic mass is 16.7. The van der Waals surface area contributed by atoms with Gasteiger partial charge in [0.2, 0.25) is 23.2 Å². The molecule has 6 rings (SSSR count). The van der Waals surface area contributed by atoms with E-state index in [1.807, 2.05) is 48.5 Å². The number of cyclic esters (lactones) is 1. The highest BCUT2D eigenvalue weighted by Crippen LogP contribution is 2.66. The van der Waals surface area contributed by atoms with Crippen LogP contribution in [-0.4, -0.2) is 82.3 Å². The van der Waals surface area contributed by atoms with E-state index in [4.69, 9.17) is 4.74 Å². The molecule has 0 aromatic rings. The van der Waals surface area contributed by atoms with E-state index in [2.05, 4.69) is 21.3 Å². The summed E-state index contributed by atoms with van der Waals surface area (Å²) in [6, 6.07) is -3.18. The Hall–Kier alpha value is -3.18. The summed E-state index contributed by atoms with van der Waals surface area (Å²) in [6.07, 6.45) is 11.3. The van der Waals surface area contributed by atoms with Gasteiger partial charge in [-0.1, -0.05) is 74.1 Å². The summed E-state index contributed by atoms with van der Waals surface area (Å²) < 4.78 is 5.65. The summed E-state index contributed by atoms with van der Waals surface area (Å²) in [6.45, 7) is 14.0. The third-order valence-corrected chi connectivity index (χ3v) is 13.1. The van der Waals surface area contributed by atoms with E-state index in [-0.39, 0.29) is 35.2 Å². The number of fused-ring (bicyclic) bond motifs is 2. The summed E-state index contributed by atoms with van der Waals surface area (Å²) in [4.78, 5) is 83.4. The fraction of sp³-hybridized carbons (Fsp3) is 0.846. The van der Waals surface area contributed by atoms with Crippen molar-refractivity contribution in [3.63, 3.8) is 0 Å². The maximum absolute atomic E-state index is 14.8. The van der Waals surface area contributed by atoms with Crippen LogP contribution in [0.3, 0.4) is 0 Å². The molecule has 51 heavy (non-hydrogen) atoms. The fourth-order valence-electron chi connectivity index (χ4n) is 9.60. The van der Waals surface area contributed by atoms with E-state index < -0.39 is 63.7 Å². The van der Waals surface area contributed by atoms with Crippen molar-refractivity contribution in [1.29, 1.82) is 0 Å². The van der Waals surface area contributed by atoms with Gasteiger partial charge in [-0.2, -0.15) is 0 Å². The van der Waals surface area contributed by atoms with E-state index in [1.54, 1.807) is 4.90 Å². The minimum atomic E-state index is -0.971. The quantitative estimate of drug-likeness (QED) is 0.173. The van der Waals surface area contributed by atoms with Crippen LogP contribution in [0.2, 0.25) is 0 Å². The topological polar surface area (TPSA) is 166 Å². The predicted octanol–water partition coefficient (Wildman–Crippen LogP) is 4.28. The van der Waals surface area contributed by atoms with Crippen LogP contribution < -0.4 is 21.3 Å². The lowest BCUT2D eigenvalue weighted by Gasteiger charge is -2.42. The number of hydrogen-bond acceptors (Lipinski definition) is 7. The standard InChI is InChI=1S/C39H61N5O7/c1-8-12-26(28(45)31(47)40-23-13-14-23)41-30(46)27-24-15-18-37(19-20-37)25(24)21-44(27)32(48)29(35(2,3)4)42-34(50)43-38(16-10-9-11-17-38)22-39(33(49)51-39)36(5,6)7/h23-27,29H,8-22H2,1-7H3,(H,40,47)(H,41,46)(H2,42,43,50)/t24-,25-,26?,27-,29+,39-/m0/s1. The zero-order chi connectivity index (χ0) is 37.1. The van der Waals surface area contributed by atoms with Crippen LogP contribution in [0.5, 0.6) is 0 Å². The molecule has 2 heterocycles. The van der Waals surface area contributed by atoms with E-state index in [0.29, 0.717) is 38.6 Å². The number of rotatable bonds is 12. The van der Waals surface area contributed by atoms with Crippen molar-refractivity contribution in [2.75, 3.05) is 6.54 Å². The molecule has 2 aliphatic heterocycles. The minimum absolute atomic E-state index is 0.0208. The lowest BCUT2D eigenvalue weighted by atomic mass is 9.68. The predicted molar refractivity (Wildman–Crippen MR) is 190 cm³/mol. The number of ketones is 1. The first-order chi connectivity index (χ1) is 23.9. The Morgan fingerprint density at radius 2 is 1.55 bits per heavy atom. The maximum Gasteiger partial charge on any atom is 0.352 e. The molecule has 2 saturated heterocycles. The monoisotopic (exact) mass is 711 g/mol. The van der Waals surface area contributed by atoms with Crippen LogP contribution in [0, 0.1) is 28.1 Å². The van der Waals surface area contributed by atoms with Crippen molar-refractivity contribution in [2.24, 2.45) is 28.1 Å². The first-order valence-electron chi connectivity index (χ1n) is 19.6. The fourth-order valence-corrected chi connectivity index (χ4v) is 9.60. The van der Waals surface area contributed by atoms with Gasteiger partial charge >= 0.3 is 12.0 Å². The first-order valence-corrected chi connectivity index (χ1v) is 19.6. The Kier molecular flexibility index (Phi) is 9.83. The Labute approximate surface area is 303 Å². The number of nitrogens with one attached hydrogen (secondary N) is 4. The second-order valence-electron chi connectivity index (χ2n) is 19.0. The average Bonchev–Trinajstić information content (AvgIpc) is 4.00. The van der Waals surface area contributed by atoms with Crippen LogP contribution in [-0.2, 0) is 28.7 Å². The zero-order valence-electron chi connectivity index (χ0n) is 31.9. The van der Waals surface area contributed by atoms with E-state index >= 15 is 0 Å². The van der Waals surface area contributed by atoms with Gasteiger partial charge in [0.1, 0.15) is 12.1 Å². The van der Waals surface area contributed by atoms with Gasteiger partial charge in [0.15, 0.2) is 0 Å². The number of amides is 5. The summed E-state index contributed by atoms with van der Waals surface area (Å²) in [5.41, 5.74) is -2.62. The molecule has 4 N–H and O–H groups in total. The molecule has 1 unspecified atom stereocenters. The minimum Gasteiger partial charge on any atom is -0.443 e. The number of ether oxygens (including phenoxy) is 1. The number of nitrogens with zero attached hydrogens (tertiary/aromatic N) is 1. The average molecular weight is 712 g/mol. The van der Waals surface area contributed by atoms with Gasteiger partial charge in [-0.05, 0) is 80.5 Å². The second-order valence-corrected chi connectivity index (χ2v) is 19.0. The number of likely N-dealkylation sites (tertiary alicyclic amines) is 1. The van der Waals surface area contributed by atoms with Crippen LogP contribution in [0.15, 0.2) is 0 Å². The molecule has 0 aromatic heterocycles. The van der Waals surface area contributed by atoms with Gasteiger partial charge in [-0.15, -0.1) is 0 Å². The van der Waals surface area contributed by atoms with Crippen molar-refractivity contribution < 1.29 is 33.5 Å². The lowest BCUT2D eigenvalue weighted by molar-refractivity contribution is -0.144. The second kappa shape index (κ2) is 13.3. The molecule has 0 bridgehead atoms. The number of epoxide rings is 1. The third kappa shape index (κ3) is 7.39. The van der Waals surface area contributed by atoms with Crippen molar-refractivity contribution in [3.8, 4) is 0 Å². The number of hydrogen-bond donors (Lipinski definition) is 4. The Balaban J connectivity index is 1.21. The molecule has 5 amide bonds. The number of carbonyl (C=O) groups excluding carboxylic acids is 6. The van der Waals surface area contributed by atoms with Gasteiger partial charge in [0, 0.05) is 30.0 Å². The van der Waals surface area contributed by atoms with Gasteiger partial charge in [0.05, 0.1) is 6.04 Å². The Morgan fingerprint density at radius 3 is 2.08 bits per heavy atom. The van der Waals surface area contributed by atoms with Crippen molar-refractivity contribution >= 4 is 35.5 Å². The summed E-state index contributed by atoms with van der Waals surface area (Å²) in [5, 5.41) is 11.9. The first kappa shape index (κ1) is 37.6. The molecule has 0 radical (unpaired) electrons. The van der Waals surface area contributed by atoms with Crippen molar-refractivity contribution in [2.45, 2.75) is 174 Å². The molecule has 1 spiro atoms. The lowest BCUT2D eigenvalue weighted by Crippen LogP contribution is -2.63. The van der Waals surface area contributed by atoms with Crippen LogP contribution in [0.25, 0.3) is 0 Å². The molecular formula is C39H61N5O7. The van der Waals surface area contributed by atoms with E-state index in [9.17, 15) is 28.8 Å². The molecule has 12 heteroatoms. The van der Waals surface area contributed by atoms with Gasteiger partial charge in [-0.25, -0.2) is 9.59 Å². The molecule has 284 valence electrons. The third-order valence-electron chi connectivity index (χ3n) is 13.1. The Morgan fingerprint density at radius 1 is 0.902 bits per heavy atom. The zero-order valence-corrected chi connectivity index (χ0v) is 31.9. The largest absolute Gasteiger partial charge is 0.443 e. The van der Waals surface area contributed by atoms with Crippen LogP contribution in [0.4, 0.5) is 4.79 Å². The highest BCUT2D eigenvalue weighted by Gasteiger charge is 2.68. The molecule has 0 aromatic carbocycles. The molecule has 6 fully saturated rings. The van der Waals surface area contributed by atoms with Gasteiger partial charge < -0.3 is 30.9 Å². The SMILES string of the molecule is CCCC(NC(=O)[C@@H]1[C@H]2CCC3(CC3)[C@H]2CN1C(=O)[C@@H](NC(=O)NC1(C[C@]2(C(C)(C)C)OC2=O)CCCCC1)C(C)(C)C)C(=O)C(=O)NC1CC1. The molecule has 4 aliphatic carbocycles. The molecule has 12 nitrogen and oxygen atoms in total. The van der Waals surface area contributed by atoms with Crippen LogP contribution >= 0.6 is 0 Å². The molecule has 4 saturated carbocycles. The molecular weight excluding hydrogens is 650 g/mol. The van der Waals surface area contributed by atoms with Gasteiger partial charge in [0.25, 0.3) is 5.91 Å². The summed E-state index contributed by atoms with van der Waals surface area (Å²) in [5.74, 6) is -2.18. The molecule has 6 aliphatic rings. The van der Waals surface area contributed by atoms with Crippen molar-refractivity contribution in [1.82, 2.24) is 26.2 Å². The number of Topliss-reactive ketones (excluding diaryl/α,β-unsaturated/α-hetero) is 1. The maximum atomic E-state index is 14.8. The smallest absolute Gasteiger partial charge is 0.352 e. The van der Waals surface area contributed by atoms with Crippen LogP contribution in [0.1, 0.15) is 138 Å². The summed E-state index contributed by atoms with van der Waals surface area (Å²) >= 11 is 0. The number of urea groups is 1. The Bertz CT molecular complexity index is 1430. The van der Waals surface area contributed by atoms with E-state index in [1.165, 1.54) is 0 Å². The normalized spacial score (nSPS) is 30.1. The molecule has 6 atom stereocenters. The van der Waals surface area contributed by atoms with Crippen molar-refractivity contribution in [3.05, 3.63) is 0 Å². The van der Waals surface area contributed by atoms with E-state index in [0.717, 1.165) is 57.8 Å². The van der Waals surface area contributed by atoms with Gasteiger partial charge in [-0.3, -0.25) is 19.2 Å².